The summed E-state index contributed by atoms with van der Waals surface area (Å²) in [5, 5.41) is 9.53. The highest BCUT2D eigenvalue weighted by Crippen LogP contribution is 2.27. The molecular formula is C21H22N4O2S. The van der Waals surface area contributed by atoms with Crippen LogP contribution >= 0.6 is 11.8 Å². The standard InChI is InChI=1S/C21H22N4O2S/c1-16-7-9-17(10-8-16)19(26)15-28-21-23-22-20(24-11-13-27-14-12-24)25(21)18-5-3-2-4-6-18/h2-10H,11-15H2,1H3. The van der Waals surface area contributed by atoms with Crippen LogP contribution in [0.4, 0.5) is 5.95 Å². The highest BCUT2D eigenvalue weighted by atomic mass is 32.2. The average molecular weight is 395 g/mol. The fourth-order valence-electron chi connectivity index (χ4n) is 3.08. The second kappa shape index (κ2) is 8.58. The van der Waals surface area contributed by atoms with Gasteiger partial charge in [-0.1, -0.05) is 59.8 Å². The molecule has 7 heteroatoms. The van der Waals surface area contributed by atoms with Crippen molar-refractivity contribution in [3.05, 3.63) is 65.7 Å². The quantitative estimate of drug-likeness (QED) is 0.472. The third kappa shape index (κ3) is 4.10. The molecule has 6 nitrogen and oxygen atoms in total. The van der Waals surface area contributed by atoms with Gasteiger partial charge in [0.25, 0.3) is 0 Å². The number of hydrogen-bond donors (Lipinski definition) is 0. The zero-order valence-corrected chi connectivity index (χ0v) is 16.6. The van der Waals surface area contributed by atoms with E-state index in [1.54, 1.807) is 0 Å². The lowest BCUT2D eigenvalue weighted by Crippen LogP contribution is -2.37. The van der Waals surface area contributed by atoms with Crippen molar-refractivity contribution < 1.29 is 9.53 Å². The molecule has 4 rings (SSSR count). The number of benzene rings is 2. The minimum absolute atomic E-state index is 0.0838. The van der Waals surface area contributed by atoms with E-state index in [0.29, 0.717) is 24.1 Å². The average Bonchev–Trinajstić information content (AvgIpc) is 3.18. The van der Waals surface area contributed by atoms with E-state index in [1.807, 2.05) is 66.1 Å². The van der Waals surface area contributed by atoms with Crippen LogP contribution in [-0.4, -0.2) is 52.6 Å². The third-order valence-corrected chi connectivity index (χ3v) is 5.56. The van der Waals surface area contributed by atoms with Crippen LogP contribution in [0.2, 0.25) is 0 Å². The highest BCUT2D eigenvalue weighted by Gasteiger charge is 2.22. The number of rotatable bonds is 6. The zero-order chi connectivity index (χ0) is 19.3. The predicted octanol–water partition coefficient (Wildman–Crippen LogP) is 3.39. The molecule has 144 valence electrons. The number of ketones is 1. The summed E-state index contributed by atoms with van der Waals surface area (Å²) < 4.78 is 7.49. The van der Waals surface area contributed by atoms with E-state index in [2.05, 4.69) is 15.1 Å². The van der Waals surface area contributed by atoms with Crippen molar-refractivity contribution in [2.45, 2.75) is 12.1 Å². The summed E-state index contributed by atoms with van der Waals surface area (Å²) in [6.07, 6.45) is 0. The molecule has 0 N–H and O–H groups in total. The summed E-state index contributed by atoms with van der Waals surface area (Å²) in [7, 11) is 0. The number of carbonyl (C=O) groups is 1. The lowest BCUT2D eigenvalue weighted by atomic mass is 10.1. The van der Waals surface area contributed by atoms with Gasteiger partial charge in [-0.25, -0.2) is 0 Å². The summed E-state index contributed by atoms with van der Waals surface area (Å²) in [6.45, 7) is 4.92. The molecule has 0 atom stereocenters. The molecule has 0 bridgehead atoms. The van der Waals surface area contributed by atoms with Gasteiger partial charge in [0.1, 0.15) is 0 Å². The number of anilines is 1. The second-order valence-corrected chi connectivity index (χ2v) is 7.57. The Morgan fingerprint density at radius 2 is 1.75 bits per heavy atom. The number of para-hydroxylation sites is 1. The van der Waals surface area contributed by atoms with E-state index in [-0.39, 0.29) is 5.78 Å². The van der Waals surface area contributed by atoms with E-state index in [0.717, 1.165) is 35.9 Å². The molecule has 0 saturated carbocycles. The zero-order valence-electron chi connectivity index (χ0n) is 15.7. The number of morpholine rings is 1. The highest BCUT2D eigenvalue weighted by molar-refractivity contribution is 7.99. The number of aryl methyl sites for hydroxylation is 1. The van der Waals surface area contributed by atoms with Crippen LogP contribution < -0.4 is 4.90 Å². The molecule has 1 saturated heterocycles. The smallest absolute Gasteiger partial charge is 0.232 e. The minimum atomic E-state index is 0.0838. The molecule has 0 unspecified atom stereocenters. The maximum absolute atomic E-state index is 12.6. The Bertz CT molecular complexity index is 935. The van der Waals surface area contributed by atoms with E-state index < -0.39 is 0 Å². The summed E-state index contributed by atoms with van der Waals surface area (Å²) >= 11 is 1.42. The van der Waals surface area contributed by atoms with Crippen LogP contribution in [0.5, 0.6) is 0 Å². The number of thioether (sulfide) groups is 1. The first-order valence-corrected chi connectivity index (χ1v) is 10.3. The van der Waals surface area contributed by atoms with Gasteiger partial charge in [0.2, 0.25) is 5.95 Å². The maximum atomic E-state index is 12.6. The lowest BCUT2D eigenvalue weighted by Gasteiger charge is -2.27. The molecule has 0 amide bonds. The van der Waals surface area contributed by atoms with Crippen LogP contribution in [0.3, 0.4) is 0 Å². The fraction of sp³-hybridized carbons (Fsp3) is 0.286. The summed E-state index contributed by atoms with van der Waals surface area (Å²) in [5.74, 6) is 1.19. The van der Waals surface area contributed by atoms with Gasteiger partial charge < -0.3 is 9.64 Å². The SMILES string of the molecule is Cc1ccc(C(=O)CSc2nnc(N3CCOCC3)n2-c2ccccc2)cc1. The maximum Gasteiger partial charge on any atom is 0.232 e. The molecule has 1 aliphatic heterocycles. The Hall–Kier alpha value is -2.64. The molecular weight excluding hydrogens is 372 g/mol. The van der Waals surface area contributed by atoms with Crippen molar-refractivity contribution in [2.24, 2.45) is 0 Å². The third-order valence-electron chi connectivity index (χ3n) is 4.63. The molecule has 28 heavy (non-hydrogen) atoms. The van der Waals surface area contributed by atoms with Crippen LogP contribution in [0, 0.1) is 6.92 Å². The normalized spacial score (nSPS) is 14.2. The van der Waals surface area contributed by atoms with E-state index in [9.17, 15) is 4.79 Å². The second-order valence-electron chi connectivity index (χ2n) is 6.63. The first-order valence-electron chi connectivity index (χ1n) is 9.28. The Morgan fingerprint density at radius 1 is 1.04 bits per heavy atom. The van der Waals surface area contributed by atoms with Crippen molar-refractivity contribution in [3.8, 4) is 5.69 Å². The van der Waals surface area contributed by atoms with Gasteiger partial charge in [0.15, 0.2) is 10.9 Å². The Balaban J connectivity index is 1.58. The first kappa shape index (κ1) is 18.7. The topological polar surface area (TPSA) is 60.3 Å². The molecule has 0 radical (unpaired) electrons. The minimum Gasteiger partial charge on any atom is -0.378 e. The summed E-state index contributed by atoms with van der Waals surface area (Å²) in [5.41, 5.74) is 2.85. The van der Waals surface area contributed by atoms with Crippen LogP contribution in [0.15, 0.2) is 59.8 Å². The van der Waals surface area contributed by atoms with Crippen LogP contribution in [0.1, 0.15) is 15.9 Å². The van der Waals surface area contributed by atoms with Crippen molar-refractivity contribution in [3.63, 3.8) is 0 Å². The number of nitrogens with zero attached hydrogens (tertiary/aromatic N) is 4. The molecule has 1 aromatic heterocycles. The Labute approximate surface area is 168 Å². The van der Waals surface area contributed by atoms with Gasteiger partial charge in [-0.15, -0.1) is 10.2 Å². The Kier molecular flexibility index (Phi) is 5.73. The van der Waals surface area contributed by atoms with Gasteiger partial charge in [0, 0.05) is 18.7 Å². The fourth-order valence-corrected chi connectivity index (χ4v) is 3.92. The van der Waals surface area contributed by atoms with Crippen molar-refractivity contribution in [2.75, 3.05) is 37.0 Å². The van der Waals surface area contributed by atoms with E-state index >= 15 is 0 Å². The number of ether oxygens (including phenoxy) is 1. The van der Waals surface area contributed by atoms with Gasteiger partial charge >= 0.3 is 0 Å². The van der Waals surface area contributed by atoms with Gasteiger partial charge in [-0.05, 0) is 19.1 Å². The van der Waals surface area contributed by atoms with Crippen molar-refractivity contribution >= 4 is 23.5 Å². The van der Waals surface area contributed by atoms with E-state index in [1.165, 1.54) is 11.8 Å². The van der Waals surface area contributed by atoms with E-state index in [4.69, 9.17) is 4.74 Å². The molecule has 3 aromatic rings. The van der Waals surface area contributed by atoms with Gasteiger partial charge in [-0.2, -0.15) is 0 Å². The molecule has 2 heterocycles. The number of hydrogen-bond acceptors (Lipinski definition) is 6. The number of carbonyl (C=O) groups excluding carboxylic acids is 1. The van der Waals surface area contributed by atoms with Crippen molar-refractivity contribution in [1.82, 2.24) is 14.8 Å². The predicted molar refractivity (Wildman–Crippen MR) is 111 cm³/mol. The van der Waals surface area contributed by atoms with Gasteiger partial charge in [0.05, 0.1) is 24.7 Å². The lowest BCUT2D eigenvalue weighted by molar-refractivity contribution is 0.102. The summed E-state index contributed by atoms with van der Waals surface area (Å²) in [6, 6.07) is 17.7. The van der Waals surface area contributed by atoms with Crippen LogP contribution in [-0.2, 0) is 4.74 Å². The van der Waals surface area contributed by atoms with Crippen molar-refractivity contribution in [1.29, 1.82) is 0 Å². The number of aromatic nitrogens is 3. The first-order chi connectivity index (χ1) is 13.7. The summed E-state index contributed by atoms with van der Waals surface area (Å²) in [4.78, 5) is 14.8. The molecule has 1 aliphatic rings. The Morgan fingerprint density at radius 3 is 2.46 bits per heavy atom. The molecule has 0 aliphatic carbocycles. The molecule has 1 fully saturated rings. The number of Topliss-reactive ketones (excluding diaryl/α,β-unsaturated/α-hetero) is 1. The molecule has 0 spiro atoms. The van der Waals surface area contributed by atoms with Gasteiger partial charge in [-0.3, -0.25) is 9.36 Å². The molecule has 2 aromatic carbocycles. The van der Waals surface area contributed by atoms with Crippen LogP contribution in [0.25, 0.3) is 5.69 Å². The monoisotopic (exact) mass is 394 g/mol. The largest absolute Gasteiger partial charge is 0.378 e.